The van der Waals surface area contributed by atoms with Gasteiger partial charge in [0, 0.05) is 11.5 Å². The van der Waals surface area contributed by atoms with Crippen LogP contribution in [0.3, 0.4) is 0 Å². The summed E-state index contributed by atoms with van der Waals surface area (Å²) in [4.78, 5) is 0. The Morgan fingerprint density at radius 1 is 1.06 bits per heavy atom. The maximum Gasteiger partial charge on any atom is 2.00 e. The molecule has 0 saturated heterocycles. The average molecular weight is 326 g/mol. The Balaban J connectivity index is 0. The van der Waals surface area contributed by atoms with Crippen molar-refractivity contribution in [3.8, 4) is 11.5 Å². The Kier molecular flexibility index (Phi) is 15.3. The van der Waals surface area contributed by atoms with Gasteiger partial charge in [-0.3, -0.25) is 0 Å². The first kappa shape index (κ1) is 20.4. The second-order valence-electron chi connectivity index (χ2n) is 3.79. The van der Waals surface area contributed by atoms with Crippen molar-refractivity contribution in [2.24, 2.45) is 0 Å². The number of hydrogen-bond acceptors (Lipinski definition) is 2. The maximum atomic E-state index is 5.59. The second-order valence-corrected chi connectivity index (χ2v) is 3.79. The standard InChI is InChI=1S/C14H21O2.BrH.Mg/c1-3-5-10-15-13-8-7-9-14(12-13)16-11-6-4-2;;/h7-8,12H,3-6,10-11H2,1-2H3;1H;/q-1;;+2/p-1. The van der Waals surface area contributed by atoms with Crippen LogP contribution in [0.5, 0.6) is 11.5 Å². The van der Waals surface area contributed by atoms with Gasteiger partial charge in [-0.2, -0.15) is 6.07 Å². The molecule has 4 heteroatoms. The fraction of sp³-hybridized carbons (Fsp3) is 0.571. The Bertz CT molecular complexity index is 270. The van der Waals surface area contributed by atoms with Crippen molar-refractivity contribution < 1.29 is 26.5 Å². The summed E-state index contributed by atoms with van der Waals surface area (Å²) in [6.07, 6.45) is 4.46. The molecule has 98 valence electrons. The minimum atomic E-state index is 0. The Morgan fingerprint density at radius 3 is 2.28 bits per heavy atom. The third kappa shape index (κ3) is 9.06. The summed E-state index contributed by atoms with van der Waals surface area (Å²) >= 11 is 0. The SMILES string of the molecule is CCCCOc1[c-]ccc(OCCCC)c1.[Br-].[Mg+2]. The summed E-state index contributed by atoms with van der Waals surface area (Å²) in [5.74, 6) is 1.65. The molecule has 0 saturated carbocycles. The van der Waals surface area contributed by atoms with Crippen molar-refractivity contribution >= 4 is 23.1 Å². The van der Waals surface area contributed by atoms with Crippen molar-refractivity contribution in [3.05, 3.63) is 24.3 Å². The molecule has 0 bridgehead atoms. The molecule has 2 nitrogen and oxygen atoms in total. The quantitative estimate of drug-likeness (QED) is 0.393. The summed E-state index contributed by atoms with van der Waals surface area (Å²) in [5.41, 5.74) is 0. The van der Waals surface area contributed by atoms with E-state index in [1.165, 1.54) is 0 Å². The molecule has 0 aromatic heterocycles. The van der Waals surface area contributed by atoms with Gasteiger partial charge < -0.3 is 26.5 Å². The third-order valence-electron chi connectivity index (χ3n) is 2.27. The first-order chi connectivity index (χ1) is 7.86. The van der Waals surface area contributed by atoms with Crippen LogP contribution >= 0.6 is 0 Å². The van der Waals surface area contributed by atoms with Crippen molar-refractivity contribution in [3.63, 3.8) is 0 Å². The van der Waals surface area contributed by atoms with E-state index >= 15 is 0 Å². The van der Waals surface area contributed by atoms with E-state index in [2.05, 4.69) is 19.9 Å². The molecule has 0 fully saturated rings. The molecule has 0 radical (unpaired) electrons. The molecule has 1 rings (SSSR count). The van der Waals surface area contributed by atoms with Gasteiger partial charge in [-0.15, -0.1) is 12.1 Å². The minimum Gasteiger partial charge on any atom is -1.00 e. The van der Waals surface area contributed by atoms with Crippen LogP contribution in [0.4, 0.5) is 0 Å². The van der Waals surface area contributed by atoms with E-state index in [9.17, 15) is 0 Å². The molecule has 0 amide bonds. The maximum absolute atomic E-state index is 5.59. The van der Waals surface area contributed by atoms with E-state index in [1.54, 1.807) is 0 Å². The zero-order valence-electron chi connectivity index (χ0n) is 11.4. The predicted octanol–water partition coefficient (Wildman–Crippen LogP) is 0.468. The number of hydrogen-bond donors (Lipinski definition) is 0. The summed E-state index contributed by atoms with van der Waals surface area (Å²) < 4.78 is 11.2. The van der Waals surface area contributed by atoms with Crippen molar-refractivity contribution in [1.29, 1.82) is 0 Å². The Labute approximate surface area is 137 Å². The minimum absolute atomic E-state index is 0. The monoisotopic (exact) mass is 324 g/mol. The number of halogens is 1. The van der Waals surface area contributed by atoms with E-state index < -0.39 is 0 Å². The molecule has 0 N–H and O–H groups in total. The van der Waals surface area contributed by atoms with Gasteiger partial charge >= 0.3 is 23.1 Å². The van der Waals surface area contributed by atoms with E-state index in [1.807, 2.05) is 18.2 Å². The first-order valence-electron chi connectivity index (χ1n) is 6.14. The van der Waals surface area contributed by atoms with Gasteiger partial charge in [0.2, 0.25) is 0 Å². The van der Waals surface area contributed by atoms with E-state index in [0.29, 0.717) is 0 Å². The smallest absolute Gasteiger partial charge is 1.00 e. The fourth-order valence-electron chi connectivity index (χ4n) is 1.26. The topological polar surface area (TPSA) is 18.5 Å². The van der Waals surface area contributed by atoms with Crippen LogP contribution in [-0.2, 0) is 0 Å². The van der Waals surface area contributed by atoms with Crippen molar-refractivity contribution in [2.75, 3.05) is 13.2 Å². The summed E-state index contributed by atoms with van der Waals surface area (Å²) in [7, 11) is 0. The summed E-state index contributed by atoms with van der Waals surface area (Å²) in [6.45, 7) is 5.83. The van der Waals surface area contributed by atoms with Gasteiger partial charge in [-0.25, -0.2) is 0 Å². The van der Waals surface area contributed by atoms with Crippen LogP contribution in [-0.4, -0.2) is 36.3 Å². The van der Waals surface area contributed by atoms with Crippen molar-refractivity contribution in [2.45, 2.75) is 39.5 Å². The molecule has 0 aliphatic rings. The van der Waals surface area contributed by atoms with Crippen LogP contribution in [0.25, 0.3) is 0 Å². The molecule has 1 aromatic carbocycles. The Hall–Kier alpha value is 0.0662. The number of unbranched alkanes of at least 4 members (excludes halogenated alkanes) is 2. The Morgan fingerprint density at radius 2 is 1.67 bits per heavy atom. The predicted molar refractivity (Wildman–Crippen MR) is 71.8 cm³/mol. The van der Waals surface area contributed by atoms with E-state index in [4.69, 9.17) is 9.47 Å². The second kappa shape index (κ2) is 13.5. The van der Waals surface area contributed by atoms with Gasteiger partial charge in [-0.05, 0) is 12.8 Å². The zero-order valence-corrected chi connectivity index (χ0v) is 14.4. The molecule has 0 aliphatic heterocycles. The average Bonchev–Trinajstić information content (AvgIpc) is 2.30. The van der Waals surface area contributed by atoms with E-state index in [-0.39, 0.29) is 40.0 Å². The van der Waals surface area contributed by atoms with Gasteiger partial charge in [0.25, 0.3) is 0 Å². The molecule has 0 aliphatic carbocycles. The van der Waals surface area contributed by atoms with Crippen LogP contribution in [0.2, 0.25) is 0 Å². The van der Waals surface area contributed by atoms with Crippen LogP contribution in [0, 0.1) is 6.07 Å². The third-order valence-corrected chi connectivity index (χ3v) is 2.27. The van der Waals surface area contributed by atoms with Gasteiger partial charge in [-0.1, -0.05) is 32.8 Å². The largest absolute Gasteiger partial charge is 2.00 e. The van der Waals surface area contributed by atoms with Crippen LogP contribution in [0.1, 0.15) is 39.5 Å². The molecule has 0 unspecified atom stereocenters. The van der Waals surface area contributed by atoms with Crippen molar-refractivity contribution in [1.82, 2.24) is 0 Å². The number of benzene rings is 1. The van der Waals surface area contributed by atoms with Crippen LogP contribution in [0.15, 0.2) is 18.2 Å². The molecular weight excluding hydrogens is 304 g/mol. The summed E-state index contributed by atoms with van der Waals surface area (Å²) in [5, 5.41) is 0. The number of rotatable bonds is 8. The van der Waals surface area contributed by atoms with Gasteiger partial charge in [0.1, 0.15) is 0 Å². The molecule has 18 heavy (non-hydrogen) atoms. The molecule has 0 atom stereocenters. The normalized spacial score (nSPS) is 9.00. The molecule has 0 spiro atoms. The van der Waals surface area contributed by atoms with E-state index in [0.717, 1.165) is 50.4 Å². The van der Waals surface area contributed by atoms with Gasteiger partial charge in [0.15, 0.2) is 0 Å². The fourth-order valence-corrected chi connectivity index (χ4v) is 1.26. The van der Waals surface area contributed by atoms with Gasteiger partial charge in [0.05, 0.1) is 13.2 Å². The summed E-state index contributed by atoms with van der Waals surface area (Å²) in [6, 6.07) is 8.73. The molecule has 0 heterocycles. The molecule has 1 aromatic rings. The molecular formula is C14H21BrMgO2. The van der Waals surface area contributed by atoms with Crippen LogP contribution < -0.4 is 26.5 Å². The first-order valence-corrected chi connectivity index (χ1v) is 6.14. The zero-order chi connectivity index (χ0) is 11.6. The number of ether oxygens (including phenoxy) is 2.